The van der Waals surface area contributed by atoms with Crippen LogP contribution in [0.1, 0.15) is 18.5 Å². The summed E-state index contributed by atoms with van der Waals surface area (Å²) in [6.07, 6.45) is -2.03. The molecule has 0 aliphatic carbocycles. The lowest BCUT2D eigenvalue weighted by molar-refractivity contribution is -0.246. The predicted octanol–water partition coefficient (Wildman–Crippen LogP) is 1.49. The second kappa shape index (κ2) is 3.99. The Labute approximate surface area is 96.6 Å². The highest BCUT2D eigenvalue weighted by atomic mass is 19.4. The Hall–Kier alpha value is -1.08. The Morgan fingerprint density at radius 1 is 1.59 bits per heavy atom. The number of hydrogen-bond acceptors (Lipinski definition) is 4. The van der Waals surface area contributed by atoms with Gasteiger partial charge in [-0.15, -0.1) is 0 Å². The van der Waals surface area contributed by atoms with Gasteiger partial charge in [-0.25, -0.2) is 4.98 Å². The number of alkyl halides is 3. The standard InChI is InChI=1S/C10H14F3N3O/c1-16-3-2-7(14)4-9(16,10(11,12)13)8-5-17-6-15-8/h5-7H,2-4,14H2,1H3. The molecule has 1 aromatic rings. The fourth-order valence-corrected chi connectivity index (χ4v) is 2.38. The minimum atomic E-state index is -4.43. The highest BCUT2D eigenvalue weighted by Gasteiger charge is 2.61. The van der Waals surface area contributed by atoms with E-state index in [2.05, 4.69) is 4.98 Å². The molecule has 4 nitrogen and oxygen atoms in total. The monoisotopic (exact) mass is 249 g/mol. The van der Waals surface area contributed by atoms with Crippen LogP contribution in [0, 0.1) is 0 Å². The van der Waals surface area contributed by atoms with Crippen molar-refractivity contribution in [1.29, 1.82) is 0 Å². The van der Waals surface area contributed by atoms with E-state index in [4.69, 9.17) is 10.2 Å². The Bertz CT molecular complexity index is 379. The molecular weight excluding hydrogens is 235 g/mol. The van der Waals surface area contributed by atoms with Crippen molar-refractivity contribution < 1.29 is 17.6 Å². The van der Waals surface area contributed by atoms with Crippen LogP contribution in [-0.4, -0.2) is 35.7 Å². The van der Waals surface area contributed by atoms with Gasteiger partial charge in [0.1, 0.15) is 12.0 Å². The lowest BCUT2D eigenvalue weighted by atomic mass is 9.81. The predicted molar refractivity (Wildman–Crippen MR) is 54.1 cm³/mol. The Balaban J connectivity index is 2.50. The molecule has 0 bridgehead atoms. The molecule has 2 N–H and O–H groups in total. The molecule has 0 saturated carbocycles. The van der Waals surface area contributed by atoms with Crippen molar-refractivity contribution >= 4 is 0 Å². The molecule has 7 heteroatoms. The molecule has 96 valence electrons. The second-order valence-corrected chi connectivity index (χ2v) is 4.41. The van der Waals surface area contributed by atoms with Crippen molar-refractivity contribution in [2.45, 2.75) is 30.6 Å². The van der Waals surface area contributed by atoms with Gasteiger partial charge >= 0.3 is 6.18 Å². The van der Waals surface area contributed by atoms with E-state index in [0.717, 1.165) is 12.7 Å². The lowest BCUT2D eigenvalue weighted by Gasteiger charge is -2.46. The minimum absolute atomic E-state index is 0.123. The lowest BCUT2D eigenvalue weighted by Crippen LogP contribution is -2.61. The number of nitrogens with zero attached hydrogens (tertiary/aromatic N) is 2. The van der Waals surface area contributed by atoms with E-state index >= 15 is 0 Å². The van der Waals surface area contributed by atoms with E-state index in [1.165, 1.54) is 11.9 Å². The van der Waals surface area contributed by atoms with Crippen LogP contribution in [0.4, 0.5) is 13.2 Å². The molecule has 17 heavy (non-hydrogen) atoms. The fourth-order valence-electron chi connectivity index (χ4n) is 2.38. The number of aromatic nitrogens is 1. The van der Waals surface area contributed by atoms with E-state index in [-0.39, 0.29) is 18.7 Å². The van der Waals surface area contributed by atoms with Crippen molar-refractivity contribution in [2.75, 3.05) is 13.6 Å². The molecule has 1 aliphatic heterocycles. The summed E-state index contributed by atoms with van der Waals surface area (Å²) >= 11 is 0. The van der Waals surface area contributed by atoms with Gasteiger partial charge in [-0.2, -0.15) is 13.2 Å². The van der Waals surface area contributed by atoms with Gasteiger partial charge in [0, 0.05) is 12.6 Å². The van der Waals surface area contributed by atoms with Crippen molar-refractivity contribution in [2.24, 2.45) is 5.73 Å². The third kappa shape index (κ3) is 1.83. The molecule has 1 fully saturated rings. The van der Waals surface area contributed by atoms with Crippen molar-refractivity contribution in [3.05, 3.63) is 18.4 Å². The number of nitrogens with two attached hydrogens (primary N) is 1. The van der Waals surface area contributed by atoms with Crippen LogP contribution < -0.4 is 5.73 Å². The van der Waals surface area contributed by atoms with Crippen molar-refractivity contribution in [1.82, 2.24) is 9.88 Å². The van der Waals surface area contributed by atoms with Gasteiger partial charge < -0.3 is 10.2 Å². The molecule has 1 aromatic heterocycles. The summed E-state index contributed by atoms with van der Waals surface area (Å²) in [5.74, 6) is 0. The average Bonchev–Trinajstić information content (AvgIpc) is 2.73. The molecule has 2 heterocycles. The number of likely N-dealkylation sites (tertiary alicyclic amines) is 1. The molecule has 0 radical (unpaired) electrons. The topological polar surface area (TPSA) is 55.3 Å². The van der Waals surface area contributed by atoms with Crippen LogP contribution in [0.5, 0.6) is 0 Å². The minimum Gasteiger partial charge on any atom is -0.451 e. The van der Waals surface area contributed by atoms with E-state index in [1.807, 2.05) is 0 Å². The smallest absolute Gasteiger partial charge is 0.412 e. The largest absolute Gasteiger partial charge is 0.451 e. The van der Waals surface area contributed by atoms with Crippen LogP contribution in [-0.2, 0) is 5.54 Å². The molecule has 0 spiro atoms. The van der Waals surface area contributed by atoms with Crippen LogP contribution in [0.3, 0.4) is 0 Å². The number of piperidine rings is 1. The zero-order valence-electron chi connectivity index (χ0n) is 9.37. The summed E-state index contributed by atoms with van der Waals surface area (Å²) in [5, 5.41) is 0. The zero-order valence-corrected chi connectivity index (χ0v) is 9.37. The highest BCUT2D eigenvalue weighted by Crippen LogP contribution is 2.47. The summed E-state index contributed by atoms with van der Waals surface area (Å²) < 4.78 is 44.9. The van der Waals surface area contributed by atoms with Gasteiger partial charge in [0.2, 0.25) is 0 Å². The van der Waals surface area contributed by atoms with Gasteiger partial charge in [0.05, 0.1) is 0 Å². The summed E-state index contributed by atoms with van der Waals surface area (Å²) in [7, 11) is 1.44. The fraction of sp³-hybridized carbons (Fsp3) is 0.700. The highest BCUT2D eigenvalue weighted by molar-refractivity contribution is 5.17. The molecule has 1 saturated heterocycles. The Morgan fingerprint density at radius 2 is 2.29 bits per heavy atom. The first-order chi connectivity index (χ1) is 7.88. The van der Waals surface area contributed by atoms with Crippen LogP contribution in [0.15, 0.2) is 17.1 Å². The zero-order chi connectivity index (χ0) is 12.7. The third-order valence-corrected chi connectivity index (χ3v) is 3.37. The van der Waals surface area contributed by atoms with Crippen LogP contribution >= 0.6 is 0 Å². The maximum atomic E-state index is 13.4. The van der Waals surface area contributed by atoms with Crippen LogP contribution in [0.25, 0.3) is 0 Å². The molecular formula is C10H14F3N3O. The van der Waals surface area contributed by atoms with E-state index in [1.54, 1.807) is 0 Å². The van der Waals surface area contributed by atoms with E-state index < -0.39 is 17.8 Å². The van der Waals surface area contributed by atoms with E-state index in [0.29, 0.717) is 6.42 Å². The number of hydrogen-bond donors (Lipinski definition) is 1. The first-order valence-electron chi connectivity index (χ1n) is 5.30. The Morgan fingerprint density at radius 3 is 2.82 bits per heavy atom. The molecule has 0 aromatic carbocycles. The number of rotatable bonds is 1. The van der Waals surface area contributed by atoms with Gasteiger partial charge in [0.15, 0.2) is 11.9 Å². The van der Waals surface area contributed by atoms with Gasteiger partial charge in [-0.1, -0.05) is 0 Å². The van der Waals surface area contributed by atoms with Gasteiger partial charge in [0.25, 0.3) is 0 Å². The third-order valence-electron chi connectivity index (χ3n) is 3.37. The van der Waals surface area contributed by atoms with Crippen molar-refractivity contribution in [3.63, 3.8) is 0 Å². The first-order valence-corrected chi connectivity index (χ1v) is 5.30. The summed E-state index contributed by atoms with van der Waals surface area (Å²) in [6, 6.07) is -0.482. The van der Waals surface area contributed by atoms with Gasteiger partial charge in [-0.3, -0.25) is 4.90 Å². The second-order valence-electron chi connectivity index (χ2n) is 4.41. The quantitative estimate of drug-likeness (QED) is 0.819. The molecule has 1 aliphatic rings. The number of oxazole rings is 1. The molecule has 0 amide bonds. The molecule has 2 unspecified atom stereocenters. The average molecular weight is 249 g/mol. The molecule has 2 atom stereocenters. The number of halogens is 3. The first kappa shape index (κ1) is 12.4. The SMILES string of the molecule is CN1CCC(N)CC1(c1cocn1)C(F)(F)F. The van der Waals surface area contributed by atoms with Crippen LogP contribution in [0.2, 0.25) is 0 Å². The maximum Gasteiger partial charge on any atom is 0.412 e. The normalized spacial score (nSPS) is 31.7. The maximum absolute atomic E-state index is 13.4. The molecule has 2 rings (SSSR count). The van der Waals surface area contributed by atoms with E-state index in [9.17, 15) is 13.2 Å². The Kier molecular flexibility index (Phi) is 2.90. The summed E-state index contributed by atoms with van der Waals surface area (Å²) in [4.78, 5) is 4.94. The summed E-state index contributed by atoms with van der Waals surface area (Å²) in [6.45, 7) is 0.285. The van der Waals surface area contributed by atoms with Gasteiger partial charge in [-0.05, 0) is 19.9 Å². The van der Waals surface area contributed by atoms with Crippen molar-refractivity contribution in [3.8, 4) is 0 Å². The summed E-state index contributed by atoms with van der Waals surface area (Å²) in [5.41, 5.74) is 3.44.